The molecule has 1 saturated carbocycles. The number of fused-ring (bicyclic) bond motifs is 2. The summed E-state index contributed by atoms with van der Waals surface area (Å²) in [6.07, 6.45) is 3.17. The van der Waals surface area contributed by atoms with Crippen molar-refractivity contribution in [2.75, 3.05) is 0 Å². The van der Waals surface area contributed by atoms with Crippen molar-refractivity contribution in [3.63, 3.8) is 0 Å². The average Bonchev–Trinajstić information content (AvgIpc) is 2.62. The van der Waals surface area contributed by atoms with Gasteiger partial charge in [0.2, 0.25) is 0 Å². The Hall–Kier alpha value is -1.31. The SMILES string of the molecule is CC12CCCC1Oc1ccccc1C2=O. The molecule has 1 aromatic carbocycles. The number of ether oxygens (including phenoxy) is 1. The third-order valence-corrected chi connectivity index (χ3v) is 3.79. The molecule has 0 aromatic heterocycles. The molecule has 1 aromatic rings. The maximum atomic E-state index is 12.3. The Kier molecular flexibility index (Phi) is 1.70. The summed E-state index contributed by atoms with van der Waals surface area (Å²) in [7, 11) is 0. The highest BCUT2D eigenvalue weighted by Gasteiger charge is 2.50. The summed E-state index contributed by atoms with van der Waals surface area (Å²) in [6, 6.07) is 7.59. The van der Waals surface area contributed by atoms with E-state index in [0.717, 1.165) is 30.6 Å². The van der Waals surface area contributed by atoms with Crippen molar-refractivity contribution in [2.24, 2.45) is 5.41 Å². The molecule has 1 aliphatic carbocycles. The minimum absolute atomic E-state index is 0.0971. The topological polar surface area (TPSA) is 26.3 Å². The molecule has 0 amide bonds. The number of carbonyl (C=O) groups is 1. The maximum absolute atomic E-state index is 12.3. The van der Waals surface area contributed by atoms with E-state index in [1.165, 1.54) is 0 Å². The summed E-state index contributed by atoms with van der Waals surface area (Å²) >= 11 is 0. The van der Waals surface area contributed by atoms with E-state index in [0.29, 0.717) is 0 Å². The molecule has 3 rings (SSSR count). The molecule has 0 bridgehead atoms. The van der Waals surface area contributed by atoms with Gasteiger partial charge in [-0.1, -0.05) is 12.1 Å². The normalized spacial score (nSPS) is 33.1. The summed E-state index contributed by atoms with van der Waals surface area (Å²) < 4.78 is 5.91. The van der Waals surface area contributed by atoms with Crippen LogP contribution in [0.3, 0.4) is 0 Å². The minimum atomic E-state index is -0.269. The first-order valence-electron chi connectivity index (χ1n) is 5.52. The number of hydrogen-bond donors (Lipinski definition) is 0. The van der Waals surface area contributed by atoms with Gasteiger partial charge in [-0.3, -0.25) is 4.79 Å². The predicted octanol–water partition coefficient (Wildman–Crippen LogP) is 2.82. The predicted molar refractivity (Wildman–Crippen MR) is 57.1 cm³/mol. The second-order valence-electron chi connectivity index (χ2n) is 4.74. The Bertz CT molecular complexity index is 424. The highest BCUT2D eigenvalue weighted by atomic mass is 16.5. The van der Waals surface area contributed by atoms with Crippen LogP contribution in [0.4, 0.5) is 0 Å². The van der Waals surface area contributed by atoms with Crippen molar-refractivity contribution >= 4 is 5.78 Å². The van der Waals surface area contributed by atoms with Gasteiger partial charge in [0.05, 0.1) is 11.0 Å². The van der Waals surface area contributed by atoms with Crippen LogP contribution in [0.15, 0.2) is 24.3 Å². The largest absolute Gasteiger partial charge is 0.489 e. The van der Waals surface area contributed by atoms with Gasteiger partial charge in [0, 0.05) is 0 Å². The van der Waals surface area contributed by atoms with Gasteiger partial charge in [0.1, 0.15) is 11.9 Å². The summed E-state index contributed by atoms with van der Waals surface area (Å²) in [5, 5.41) is 0. The molecule has 0 N–H and O–H groups in total. The first-order valence-corrected chi connectivity index (χ1v) is 5.52. The quantitative estimate of drug-likeness (QED) is 0.646. The Morgan fingerprint density at radius 2 is 2.20 bits per heavy atom. The van der Waals surface area contributed by atoms with Crippen LogP contribution in [0, 0.1) is 5.41 Å². The summed E-state index contributed by atoms with van der Waals surface area (Å²) in [4.78, 5) is 12.3. The lowest BCUT2D eigenvalue weighted by Gasteiger charge is -2.35. The van der Waals surface area contributed by atoms with Crippen molar-refractivity contribution in [3.8, 4) is 5.75 Å². The number of ketones is 1. The van der Waals surface area contributed by atoms with Crippen LogP contribution in [0.25, 0.3) is 0 Å². The van der Waals surface area contributed by atoms with E-state index in [1.807, 2.05) is 31.2 Å². The molecule has 0 spiro atoms. The van der Waals surface area contributed by atoms with Crippen molar-refractivity contribution in [3.05, 3.63) is 29.8 Å². The zero-order chi connectivity index (χ0) is 10.5. The smallest absolute Gasteiger partial charge is 0.176 e. The molecule has 2 atom stereocenters. The molecule has 2 nitrogen and oxygen atoms in total. The number of Topliss-reactive ketones (excluding diaryl/α,β-unsaturated/α-hetero) is 1. The molecule has 1 aliphatic heterocycles. The Morgan fingerprint density at radius 3 is 3.07 bits per heavy atom. The van der Waals surface area contributed by atoms with E-state index in [1.54, 1.807) is 0 Å². The average molecular weight is 202 g/mol. The molecule has 0 radical (unpaired) electrons. The van der Waals surface area contributed by atoms with E-state index < -0.39 is 0 Å². The van der Waals surface area contributed by atoms with Crippen LogP contribution in [-0.4, -0.2) is 11.9 Å². The van der Waals surface area contributed by atoms with Crippen molar-refractivity contribution in [1.29, 1.82) is 0 Å². The molecular formula is C13H14O2. The van der Waals surface area contributed by atoms with Gasteiger partial charge >= 0.3 is 0 Å². The highest BCUT2D eigenvalue weighted by Crippen LogP contribution is 2.47. The molecule has 1 fully saturated rings. The molecule has 0 saturated heterocycles. The first kappa shape index (κ1) is 8.96. The number of rotatable bonds is 0. The van der Waals surface area contributed by atoms with Crippen molar-refractivity contribution < 1.29 is 9.53 Å². The van der Waals surface area contributed by atoms with Gasteiger partial charge in [0.25, 0.3) is 0 Å². The molecular weight excluding hydrogens is 188 g/mol. The monoisotopic (exact) mass is 202 g/mol. The second-order valence-corrected chi connectivity index (χ2v) is 4.74. The lowest BCUT2D eigenvalue weighted by atomic mass is 9.77. The van der Waals surface area contributed by atoms with Crippen LogP contribution in [-0.2, 0) is 0 Å². The molecule has 78 valence electrons. The van der Waals surface area contributed by atoms with E-state index in [2.05, 4.69) is 0 Å². The third kappa shape index (κ3) is 1.08. The fourth-order valence-electron chi connectivity index (χ4n) is 2.80. The van der Waals surface area contributed by atoms with Crippen molar-refractivity contribution in [2.45, 2.75) is 32.3 Å². The molecule has 15 heavy (non-hydrogen) atoms. The van der Waals surface area contributed by atoms with E-state index >= 15 is 0 Å². The van der Waals surface area contributed by atoms with Crippen molar-refractivity contribution in [1.82, 2.24) is 0 Å². The van der Waals surface area contributed by atoms with Gasteiger partial charge in [-0.25, -0.2) is 0 Å². The summed E-state index contributed by atoms with van der Waals surface area (Å²) in [5.41, 5.74) is 0.493. The molecule has 1 heterocycles. The molecule has 2 unspecified atom stereocenters. The maximum Gasteiger partial charge on any atom is 0.176 e. The number of hydrogen-bond acceptors (Lipinski definition) is 2. The summed E-state index contributed by atoms with van der Waals surface area (Å²) in [6.45, 7) is 2.04. The lowest BCUT2D eigenvalue weighted by Crippen LogP contribution is -2.42. The van der Waals surface area contributed by atoms with Crippen LogP contribution in [0.2, 0.25) is 0 Å². The number of carbonyl (C=O) groups excluding carboxylic acids is 1. The number of benzene rings is 1. The Balaban J connectivity index is 2.14. The third-order valence-electron chi connectivity index (χ3n) is 3.79. The standard InChI is InChI=1S/C13H14O2/c1-13-8-4-7-11(13)15-10-6-3-2-5-9(10)12(13)14/h2-3,5-6,11H,4,7-8H2,1H3. The van der Waals surface area contributed by atoms with Crippen LogP contribution in [0.5, 0.6) is 5.75 Å². The van der Waals surface area contributed by atoms with E-state index in [9.17, 15) is 4.79 Å². The Morgan fingerprint density at radius 1 is 1.40 bits per heavy atom. The van der Waals surface area contributed by atoms with Gasteiger partial charge in [0.15, 0.2) is 5.78 Å². The molecule has 2 aliphatic rings. The number of para-hydroxylation sites is 1. The summed E-state index contributed by atoms with van der Waals surface area (Å²) in [5.74, 6) is 1.04. The lowest BCUT2D eigenvalue weighted by molar-refractivity contribution is 0.0462. The van der Waals surface area contributed by atoms with Crippen LogP contribution < -0.4 is 4.74 Å². The van der Waals surface area contributed by atoms with E-state index in [4.69, 9.17) is 4.74 Å². The fraction of sp³-hybridized carbons (Fsp3) is 0.462. The highest BCUT2D eigenvalue weighted by molar-refractivity contribution is 6.04. The minimum Gasteiger partial charge on any atom is -0.489 e. The van der Waals surface area contributed by atoms with Gasteiger partial charge in [-0.05, 0) is 38.3 Å². The van der Waals surface area contributed by atoms with Crippen LogP contribution in [0.1, 0.15) is 36.5 Å². The van der Waals surface area contributed by atoms with E-state index in [-0.39, 0.29) is 17.3 Å². The second kappa shape index (κ2) is 2.84. The zero-order valence-electron chi connectivity index (χ0n) is 8.82. The zero-order valence-corrected chi connectivity index (χ0v) is 8.82. The molecule has 2 heteroatoms. The Labute approximate surface area is 89.2 Å². The fourth-order valence-corrected chi connectivity index (χ4v) is 2.80. The van der Waals surface area contributed by atoms with Crippen LogP contribution >= 0.6 is 0 Å². The van der Waals surface area contributed by atoms with Gasteiger partial charge in [-0.2, -0.15) is 0 Å². The first-order chi connectivity index (χ1) is 7.22. The van der Waals surface area contributed by atoms with Gasteiger partial charge in [-0.15, -0.1) is 0 Å². The van der Waals surface area contributed by atoms with Gasteiger partial charge < -0.3 is 4.74 Å².